The Morgan fingerprint density at radius 2 is 1.64 bits per heavy atom. The number of rotatable bonds is 11. The van der Waals surface area contributed by atoms with Crippen molar-refractivity contribution in [1.29, 1.82) is 0 Å². The molecule has 0 spiro atoms. The van der Waals surface area contributed by atoms with Crippen molar-refractivity contribution < 1.29 is 23.9 Å². The van der Waals surface area contributed by atoms with Gasteiger partial charge in [-0.05, 0) is 55.2 Å². The summed E-state index contributed by atoms with van der Waals surface area (Å²) < 4.78 is 11.1. The first-order valence-electron chi connectivity index (χ1n) is 15.4. The van der Waals surface area contributed by atoms with Crippen molar-refractivity contribution in [1.82, 2.24) is 9.80 Å². The van der Waals surface area contributed by atoms with Crippen LogP contribution in [0.2, 0.25) is 0 Å². The van der Waals surface area contributed by atoms with Crippen molar-refractivity contribution in [2.45, 2.75) is 70.1 Å². The van der Waals surface area contributed by atoms with Gasteiger partial charge in [-0.25, -0.2) is 4.79 Å². The number of likely N-dealkylation sites (tertiary alicyclic amines) is 1. The van der Waals surface area contributed by atoms with Gasteiger partial charge in [-0.2, -0.15) is 0 Å². The van der Waals surface area contributed by atoms with Crippen LogP contribution in [0.3, 0.4) is 0 Å². The van der Waals surface area contributed by atoms with Gasteiger partial charge in [-0.15, -0.1) is 0 Å². The lowest BCUT2D eigenvalue weighted by molar-refractivity contribution is -0.146. The van der Waals surface area contributed by atoms with Gasteiger partial charge in [0.25, 0.3) is 0 Å². The van der Waals surface area contributed by atoms with E-state index >= 15 is 0 Å². The Balaban J connectivity index is 1.55. The molecule has 1 atom stereocenters. The van der Waals surface area contributed by atoms with E-state index in [1.54, 1.807) is 24.9 Å². The number of likely N-dealkylation sites (N-methyl/N-ethyl adjacent to an activating group) is 1. The highest BCUT2D eigenvalue weighted by Gasteiger charge is 2.42. The van der Waals surface area contributed by atoms with E-state index in [2.05, 4.69) is 12.1 Å². The lowest BCUT2D eigenvalue weighted by Crippen LogP contribution is -2.55. The van der Waals surface area contributed by atoms with Crippen LogP contribution < -0.4 is 5.73 Å². The second kappa shape index (κ2) is 14.5. The normalized spacial score (nSPS) is 15.6. The molecule has 3 aromatic carbocycles. The lowest BCUT2D eigenvalue weighted by Gasteiger charge is -2.42. The number of nitrogens with zero attached hydrogens (tertiary/aromatic N) is 2. The van der Waals surface area contributed by atoms with Crippen LogP contribution in [0.15, 0.2) is 84.9 Å². The molecule has 1 fully saturated rings. The molecule has 0 bridgehead atoms. The quantitative estimate of drug-likeness (QED) is 0.225. The van der Waals surface area contributed by atoms with E-state index in [1.807, 2.05) is 74.5 Å². The van der Waals surface area contributed by atoms with Gasteiger partial charge < -0.3 is 25.0 Å². The summed E-state index contributed by atoms with van der Waals surface area (Å²) in [4.78, 5) is 43.3. The first-order valence-corrected chi connectivity index (χ1v) is 15.4. The maximum atomic E-state index is 14.2. The molecule has 8 heteroatoms. The molecule has 2 amide bonds. The maximum Gasteiger partial charge on any atom is 0.508 e. The molecule has 1 aliphatic heterocycles. The molecule has 44 heavy (non-hydrogen) atoms. The fourth-order valence-electron chi connectivity index (χ4n) is 5.67. The summed E-state index contributed by atoms with van der Waals surface area (Å²) in [7, 11) is 1.68. The van der Waals surface area contributed by atoms with Crippen molar-refractivity contribution >= 4 is 28.7 Å². The van der Waals surface area contributed by atoms with Crippen LogP contribution in [0, 0.1) is 0 Å². The standard InChI is InChI=1S/C36H45N3O5/c1-5-43-34(42)44-36(26-27-12-7-6-8-13-27)20-22-39(23-21-36)33(41)31(38(4)32(40)16-11-19-35(2,3)37)25-28-17-18-29-14-9-10-15-30(29)24-28/h6-18,24,31H,5,19-23,25-26,37H2,1-4H3/b16-11+/t31-/m1/s1. The highest BCUT2D eigenvalue weighted by molar-refractivity contribution is 5.93. The van der Waals surface area contributed by atoms with E-state index < -0.39 is 23.3 Å². The Morgan fingerprint density at radius 1 is 0.977 bits per heavy atom. The summed E-state index contributed by atoms with van der Waals surface area (Å²) in [5.41, 5.74) is 6.87. The van der Waals surface area contributed by atoms with Crippen LogP contribution in [0.1, 0.15) is 51.2 Å². The molecule has 0 unspecified atom stereocenters. The molecular formula is C36H45N3O5. The smallest absolute Gasteiger partial charge is 0.435 e. The van der Waals surface area contributed by atoms with E-state index in [0.717, 1.165) is 21.9 Å². The average Bonchev–Trinajstić information content (AvgIpc) is 2.99. The SMILES string of the molecule is CCOC(=O)OC1(Cc2ccccc2)CCN(C(=O)[C@@H](Cc2ccc3ccccc3c2)N(C)C(=O)/C=C/CC(C)(C)N)CC1. The highest BCUT2D eigenvalue weighted by atomic mass is 16.7. The first-order chi connectivity index (χ1) is 21.0. The zero-order valence-corrected chi connectivity index (χ0v) is 26.3. The van der Waals surface area contributed by atoms with Gasteiger partial charge in [-0.3, -0.25) is 9.59 Å². The molecule has 0 aliphatic carbocycles. The molecule has 1 saturated heterocycles. The van der Waals surface area contributed by atoms with Crippen LogP contribution >= 0.6 is 0 Å². The van der Waals surface area contributed by atoms with Gasteiger partial charge in [0.05, 0.1) is 6.61 Å². The summed E-state index contributed by atoms with van der Waals surface area (Å²) in [6, 6.07) is 23.4. The van der Waals surface area contributed by atoms with Gasteiger partial charge in [0, 0.05) is 51.4 Å². The molecule has 8 nitrogen and oxygen atoms in total. The van der Waals surface area contributed by atoms with E-state index in [9.17, 15) is 14.4 Å². The molecule has 2 N–H and O–H groups in total. The number of nitrogens with two attached hydrogens (primary N) is 1. The van der Waals surface area contributed by atoms with Crippen LogP contribution in [0.5, 0.6) is 0 Å². The predicted octanol–water partition coefficient (Wildman–Crippen LogP) is 5.67. The molecule has 1 heterocycles. The number of ether oxygens (including phenoxy) is 2. The molecular weight excluding hydrogens is 554 g/mol. The van der Waals surface area contributed by atoms with Crippen molar-refractivity contribution in [2.24, 2.45) is 5.73 Å². The summed E-state index contributed by atoms with van der Waals surface area (Å²) in [6.45, 7) is 6.54. The second-order valence-electron chi connectivity index (χ2n) is 12.4. The Kier molecular flexibility index (Phi) is 10.8. The van der Waals surface area contributed by atoms with Gasteiger partial charge >= 0.3 is 6.16 Å². The Morgan fingerprint density at radius 3 is 2.30 bits per heavy atom. The average molecular weight is 600 g/mol. The topological polar surface area (TPSA) is 102 Å². The number of carbonyl (C=O) groups is 3. The van der Waals surface area contributed by atoms with Gasteiger partial charge in [0.15, 0.2) is 0 Å². The van der Waals surface area contributed by atoms with E-state index in [0.29, 0.717) is 45.2 Å². The third kappa shape index (κ3) is 8.92. The molecule has 234 valence electrons. The minimum Gasteiger partial charge on any atom is -0.435 e. The summed E-state index contributed by atoms with van der Waals surface area (Å²) in [6.07, 6.45) is 4.91. The van der Waals surface area contributed by atoms with Crippen molar-refractivity contribution in [3.63, 3.8) is 0 Å². The van der Waals surface area contributed by atoms with Crippen molar-refractivity contribution in [3.8, 4) is 0 Å². The van der Waals surface area contributed by atoms with Crippen LogP contribution in [0.25, 0.3) is 10.8 Å². The monoisotopic (exact) mass is 599 g/mol. The number of piperidine rings is 1. The number of amides is 2. The van der Waals surface area contributed by atoms with E-state index in [4.69, 9.17) is 15.2 Å². The summed E-state index contributed by atoms with van der Waals surface area (Å²) in [5.74, 6) is -0.388. The Hall–Kier alpha value is -4.17. The van der Waals surface area contributed by atoms with Crippen LogP contribution in [-0.4, -0.2) is 71.7 Å². The van der Waals surface area contributed by atoms with Crippen LogP contribution in [0.4, 0.5) is 4.79 Å². The lowest BCUT2D eigenvalue weighted by atomic mass is 9.84. The largest absolute Gasteiger partial charge is 0.508 e. The third-order valence-corrected chi connectivity index (χ3v) is 8.16. The van der Waals surface area contributed by atoms with Crippen molar-refractivity contribution in [3.05, 3.63) is 96.1 Å². The zero-order valence-electron chi connectivity index (χ0n) is 26.3. The molecule has 4 rings (SSSR count). The second-order valence-corrected chi connectivity index (χ2v) is 12.4. The molecule has 0 radical (unpaired) electrons. The number of hydrogen-bond acceptors (Lipinski definition) is 6. The van der Waals surface area contributed by atoms with Gasteiger partial charge in [-0.1, -0.05) is 78.9 Å². The zero-order chi connectivity index (χ0) is 31.7. The predicted molar refractivity (Wildman–Crippen MR) is 173 cm³/mol. The minimum absolute atomic E-state index is 0.133. The van der Waals surface area contributed by atoms with E-state index in [1.165, 1.54) is 11.0 Å². The number of hydrogen-bond donors (Lipinski definition) is 1. The van der Waals surface area contributed by atoms with Crippen molar-refractivity contribution in [2.75, 3.05) is 26.7 Å². The fraction of sp³-hybridized carbons (Fsp3) is 0.417. The molecule has 0 saturated carbocycles. The Bertz CT molecular complexity index is 1460. The number of benzene rings is 3. The third-order valence-electron chi connectivity index (χ3n) is 8.16. The molecule has 1 aliphatic rings. The molecule has 3 aromatic rings. The fourth-order valence-corrected chi connectivity index (χ4v) is 5.67. The summed E-state index contributed by atoms with van der Waals surface area (Å²) >= 11 is 0. The number of fused-ring (bicyclic) bond motifs is 1. The van der Waals surface area contributed by atoms with Crippen LogP contribution in [-0.2, 0) is 31.9 Å². The minimum atomic E-state index is -0.794. The van der Waals surface area contributed by atoms with E-state index in [-0.39, 0.29) is 18.4 Å². The summed E-state index contributed by atoms with van der Waals surface area (Å²) in [5, 5.41) is 2.19. The highest BCUT2D eigenvalue weighted by Crippen LogP contribution is 2.32. The molecule has 0 aromatic heterocycles. The van der Waals surface area contributed by atoms with Gasteiger partial charge in [0.2, 0.25) is 11.8 Å². The Labute approximate surface area is 260 Å². The number of carbonyl (C=O) groups excluding carboxylic acids is 3. The first kappa shape index (κ1) is 32.7. The maximum absolute atomic E-state index is 14.2. The van der Waals surface area contributed by atoms with Gasteiger partial charge in [0.1, 0.15) is 11.6 Å².